The topological polar surface area (TPSA) is 51.0 Å². The molecule has 0 saturated heterocycles. The number of hydrogen-bond acceptors (Lipinski definition) is 4. The average molecular weight is 253 g/mol. The highest BCUT2D eigenvalue weighted by molar-refractivity contribution is 5.87. The maximum absolute atomic E-state index is 5.55. The zero-order valence-corrected chi connectivity index (χ0v) is 11.0. The molecule has 0 unspecified atom stereocenters. The normalized spacial score (nSPS) is 10.8. The zero-order chi connectivity index (χ0) is 13.2. The predicted octanol–water partition coefficient (Wildman–Crippen LogP) is 3.63. The first-order valence-electron chi connectivity index (χ1n) is 6.33. The molecule has 0 fully saturated rings. The summed E-state index contributed by atoms with van der Waals surface area (Å²) in [5, 5.41) is 5.47. The van der Waals surface area contributed by atoms with Gasteiger partial charge in [-0.3, -0.25) is 0 Å². The van der Waals surface area contributed by atoms with E-state index in [9.17, 15) is 0 Å². The zero-order valence-electron chi connectivity index (χ0n) is 11.0. The minimum atomic E-state index is 0.679. The van der Waals surface area contributed by atoms with Crippen molar-refractivity contribution in [3.8, 4) is 11.3 Å². The van der Waals surface area contributed by atoms with Crippen LogP contribution in [0.3, 0.4) is 0 Å². The highest BCUT2D eigenvalue weighted by Gasteiger charge is 2.05. The van der Waals surface area contributed by atoms with Crippen molar-refractivity contribution in [1.29, 1.82) is 0 Å². The number of oxazole rings is 1. The first kappa shape index (κ1) is 11.7. The summed E-state index contributed by atoms with van der Waals surface area (Å²) >= 11 is 0. The Hall–Kier alpha value is -2.36. The summed E-state index contributed by atoms with van der Waals surface area (Å²) in [5.74, 6) is 2.36. The molecule has 0 bridgehead atoms. The van der Waals surface area contributed by atoms with Crippen molar-refractivity contribution < 1.29 is 4.42 Å². The fourth-order valence-electron chi connectivity index (χ4n) is 2.07. The summed E-state index contributed by atoms with van der Waals surface area (Å²) in [4.78, 5) is 8.48. The van der Waals surface area contributed by atoms with Crippen molar-refractivity contribution >= 4 is 16.6 Å². The average Bonchev–Trinajstić information content (AvgIpc) is 2.85. The number of nitrogens with zero attached hydrogens (tertiary/aromatic N) is 2. The molecule has 96 valence electrons. The Bertz CT molecular complexity index is 718. The van der Waals surface area contributed by atoms with Gasteiger partial charge >= 0.3 is 0 Å². The standard InChI is InChI=1S/C15H15N3O/c1-3-16-15-7-13-6-11(4-5-12(13)8-18-15)14-9-17-10(2)19-14/h4-9H,3H2,1-2H3,(H,16,18). The molecule has 2 aromatic heterocycles. The van der Waals surface area contributed by atoms with Crippen LogP contribution in [0.5, 0.6) is 0 Å². The van der Waals surface area contributed by atoms with Crippen molar-refractivity contribution in [2.75, 3.05) is 11.9 Å². The van der Waals surface area contributed by atoms with E-state index in [-0.39, 0.29) is 0 Å². The third kappa shape index (κ3) is 2.29. The van der Waals surface area contributed by atoms with E-state index >= 15 is 0 Å². The van der Waals surface area contributed by atoms with Gasteiger partial charge in [0.15, 0.2) is 11.7 Å². The van der Waals surface area contributed by atoms with Gasteiger partial charge in [-0.05, 0) is 24.4 Å². The molecule has 1 aromatic carbocycles. The summed E-state index contributed by atoms with van der Waals surface area (Å²) in [6, 6.07) is 8.21. The van der Waals surface area contributed by atoms with E-state index in [1.165, 1.54) is 0 Å². The molecule has 1 N–H and O–H groups in total. The fraction of sp³-hybridized carbons (Fsp3) is 0.200. The van der Waals surface area contributed by atoms with Crippen LogP contribution in [0.2, 0.25) is 0 Å². The van der Waals surface area contributed by atoms with Gasteiger partial charge in [-0.25, -0.2) is 9.97 Å². The lowest BCUT2D eigenvalue weighted by molar-refractivity contribution is 0.534. The van der Waals surface area contributed by atoms with Crippen molar-refractivity contribution in [2.24, 2.45) is 0 Å². The molecular formula is C15H15N3O. The fourth-order valence-corrected chi connectivity index (χ4v) is 2.07. The molecule has 3 rings (SSSR count). The Morgan fingerprint density at radius 2 is 2.00 bits per heavy atom. The van der Waals surface area contributed by atoms with Crippen LogP contribution in [-0.4, -0.2) is 16.5 Å². The van der Waals surface area contributed by atoms with E-state index in [1.54, 1.807) is 6.20 Å². The van der Waals surface area contributed by atoms with Crippen LogP contribution >= 0.6 is 0 Å². The molecule has 0 amide bonds. The van der Waals surface area contributed by atoms with E-state index in [0.717, 1.165) is 34.5 Å². The summed E-state index contributed by atoms with van der Waals surface area (Å²) in [7, 11) is 0. The van der Waals surface area contributed by atoms with Crippen molar-refractivity contribution in [2.45, 2.75) is 13.8 Å². The van der Waals surface area contributed by atoms with Gasteiger partial charge in [0.25, 0.3) is 0 Å². The number of fused-ring (bicyclic) bond motifs is 1. The molecule has 0 aliphatic rings. The second kappa shape index (κ2) is 4.72. The minimum Gasteiger partial charge on any atom is -0.441 e. The largest absolute Gasteiger partial charge is 0.441 e. The predicted molar refractivity (Wildman–Crippen MR) is 76.1 cm³/mol. The lowest BCUT2D eigenvalue weighted by Gasteiger charge is -2.05. The first-order chi connectivity index (χ1) is 9.26. The number of benzene rings is 1. The van der Waals surface area contributed by atoms with Crippen molar-refractivity contribution in [3.63, 3.8) is 0 Å². The second-order valence-corrected chi connectivity index (χ2v) is 4.41. The number of aryl methyl sites for hydroxylation is 1. The SMILES string of the molecule is CCNc1cc2cc(-c3cnc(C)o3)ccc2cn1. The second-order valence-electron chi connectivity index (χ2n) is 4.41. The summed E-state index contributed by atoms with van der Waals surface area (Å²) in [6.45, 7) is 4.76. The molecule has 4 heteroatoms. The molecule has 4 nitrogen and oxygen atoms in total. The van der Waals surface area contributed by atoms with Crippen molar-refractivity contribution in [3.05, 3.63) is 42.5 Å². The van der Waals surface area contributed by atoms with Crippen LogP contribution in [0.1, 0.15) is 12.8 Å². The maximum Gasteiger partial charge on any atom is 0.191 e. The summed E-state index contributed by atoms with van der Waals surface area (Å²) in [5.41, 5.74) is 1.03. The van der Waals surface area contributed by atoms with Gasteiger partial charge in [0, 0.05) is 30.6 Å². The van der Waals surface area contributed by atoms with Crippen LogP contribution in [0, 0.1) is 6.92 Å². The van der Waals surface area contributed by atoms with Gasteiger partial charge in [-0.1, -0.05) is 12.1 Å². The third-order valence-corrected chi connectivity index (χ3v) is 2.99. The van der Waals surface area contributed by atoms with E-state index in [0.29, 0.717) is 5.89 Å². The lowest BCUT2D eigenvalue weighted by atomic mass is 10.1. The van der Waals surface area contributed by atoms with Gasteiger partial charge in [0.1, 0.15) is 5.82 Å². The van der Waals surface area contributed by atoms with E-state index in [1.807, 2.05) is 31.3 Å². The van der Waals surface area contributed by atoms with Crippen LogP contribution in [0.25, 0.3) is 22.1 Å². The third-order valence-electron chi connectivity index (χ3n) is 2.99. The highest BCUT2D eigenvalue weighted by atomic mass is 16.4. The first-order valence-corrected chi connectivity index (χ1v) is 6.33. The number of rotatable bonds is 3. The molecule has 0 atom stereocenters. The summed E-state index contributed by atoms with van der Waals surface area (Å²) < 4.78 is 5.55. The molecule has 2 heterocycles. The number of pyridine rings is 1. The smallest absolute Gasteiger partial charge is 0.191 e. The van der Waals surface area contributed by atoms with E-state index < -0.39 is 0 Å². The molecule has 0 saturated carbocycles. The molecule has 0 aliphatic heterocycles. The quantitative estimate of drug-likeness (QED) is 0.774. The van der Waals surface area contributed by atoms with Crippen LogP contribution in [0.15, 0.2) is 41.1 Å². The van der Waals surface area contributed by atoms with Crippen LogP contribution in [0.4, 0.5) is 5.82 Å². The van der Waals surface area contributed by atoms with Gasteiger partial charge in [0.2, 0.25) is 0 Å². The van der Waals surface area contributed by atoms with Crippen LogP contribution < -0.4 is 5.32 Å². The van der Waals surface area contributed by atoms with Gasteiger partial charge < -0.3 is 9.73 Å². The number of hydrogen-bond donors (Lipinski definition) is 1. The molecule has 3 aromatic rings. The monoisotopic (exact) mass is 253 g/mol. The molecular weight excluding hydrogens is 238 g/mol. The lowest BCUT2D eigenvalue weighted by Crippen LogP contribution is -1.98. The number of nitrogens with one attached hydrogen (secondary N) is 1. The highest BCUT2D eigenvalue weighted by Crippen LogP contribution is 2.25. The van der Waals surface area contributed by atoms with Gasteiger partial charge in [0.05, 0.1) is 6.20 Å². The Morgan fingerprint density at radius 3 is 2.74 bits per heavy atom. The Kier molecular flexibility index (Phi) is 2.91. The molecule has 0 radical (unpaired) electrons. The van der Waals surface area contributed by atoms with Crippen molar-refractivity contribution in [1.82, 2.24) is 9.97 Å². The molecule has 19 heavy (non-hydrogen) atoms. The van der Waals surface area contributed by atoms with Gasteiger partial charge in [-0.15, -0.1) is 0 Å². The van der Waals surface area contributed by atoms with E-state index in [2.05, 4.69) is 28.3 Å². The maximum atomic E-state index is 5.55. The Morgan fingerprint density at radius 1 is 1.11 bits per heavy atom. The molecule has 0 spiro atoms. The van der Waals surface area contributed by atoms with Crippen LogP contribution in [-0.2, 0) is 0 Å². The summed E-state index contributed by atoms with van der Waals surface area (Å²) in [6.07, 6.45) is 3.63. The van der Waals surface area contributed by atoms with Gasteiger partial charge in [-0.2, -0.15) is 0 Å². The molecule has 0 aliphatic carbocycles. The number of anilines is 1. The number of aromatic nitrogens is 2. The van der Waals surface area contributed by atoms with E-state index in [4.69, 9.17) is 4.42 Å². The Balaban J connectivity index is 2.08. The Labute approximate surface area is 111 Å². The minimum absolute atomic E-state index is 0.679.